The summed E-state index contributed by atoms with van der Waals surface area (Å²) < 4.78 is 38.6. The first-order valence-electron chi connectivity index (χ1n) is 9.93. The number of nitrogens with one attached hydrogen (secondary N) is 1. The monoisotopic (exact) mass is 467 g/mol. The van der Waals surface area contributed by atoms with Gasteiger partial charge in [0.15, 0.2) is 0 Å². The van der Waals surface area contributed by atoms with Gasteiger partial charge in [0.25, 0.3) is 11.8 Å². The third-order valence-corrected chi connectivity index (χ3v) is 5.34. The van der Waals surface area contributed by atoms with E-state index in [-0.39, 0.29) is 56.5 Å². The third kappa shape index (κ3) is 6.00. The Bertz CT molecular complexity index is 988. The number of hydrogen-bond acceptors (Lipinski definition) is 3. The van der Waals surface area contributed by atoms with Crippen LogP contribution in [0.3, 0.4) is 0 Å². The molecular formula is C22H21ClF3N3O3. The van der Waals surface area contributed by atoms with E-state index in [0.29, 0.717) is 10.6 Å². The van der Waals surface area contributed by atoms with Gasteiger partial charge in [-0.2, -0.15) is 13.2 Å². The van der Waals surface area contributed by atoms with Gasteiger partial charge in [0.1, 0.15) is 0 Å². The first kappa shape index (κ1) is 23.6. The summed E-state index contributed by atoms with van der Waals surface area (Å²) in [6, 6.07) is 10.7. The van der Waals surface area contributed by atoms with Crippen LogP contribution in [0.1, 0.15) is 32.7 Å². The van der Waals surface area contributed by atoms with E-state index in [1.165, 1.54) is 17.0 Å². The molecule has 0 bridgehead atoms. The molecule has 1 saturated heterocycles. The summed E-state index contributed by atoms with van der Waals surface area (Å²) in [6.45, 7) is 1.14. The van der Waals surface area contributed by atoms with Crippen LogP contribution >= 0.6 is 11.6 Å². The zero-order valence-corrected chi connectivity index (χ0v) is 17.7. The van der Waals surface area contributed by atoms with Crippen molar-refractivity contribution in [2.24, 2.45) is 0 Å². The lowest BCUT2D eigenvalue weighted by atomic mass is 10.1. The number of benzene rings is 2. The Labute approximate surface area is 187 Å². The minimum atomic E-state index is -4.52. The van der Waals surface area contributed by atoms with E-state index in [2.05, 4.69) is 5.32 Å². The van der Waals surface area contributed by atoms with E-state index >= 15 is 0 Å². The van der Waals surface area contributed by atoms with Gasteiger partial charge in [-0.25, -0.2) is 0 Å². The van der Waals surface area contributed by atoms with Gasteiger partial charge in [0.2, 0.25) is 5.91 Å². The maximum atomic E-state index is 12.9. The fourth-order valence-corrected chi connectivity index (χ4v) is 3.44. The molecule has 1 aliphatic rings. The summed E-state index contributed by atoms with van der Waals surface area (Å²) in [5.74, 6) is -0.989. The quantitative estimate of drug-likeness (QED) is 0.732. The Balaban J connectivity index is 1.46. The average Bonchev–Trinajstić information content (AvgIpc) is 2.78. The summed E-state index contributed by atoms with van der Waals surface area (Å²) in [5, 5.41) is 3.18. The standard InChI is InChI=1S/C22H21ClF3N3O3/c23-18-6-4-15(5-7-18)20(31)27-9-8-19(30)28-10-12-29(13-11-28)21(32)16-2-1-3-17(14-16)22(24,25)26/h1-7,14H,8-13H2,(H,27,31). The predicted octanol–water partition coefficient (Wildman–Crippen LogP) is 3.46. The van der Waals surface area contributed by atoms with Crippen LogP contribution in [0.15, 0.2) is 48.5 Å². The zero-order chi connectivity index (χ0) is 23.3. The van der Waals surface area contributed by atoms with E-state index in [4.69, 9.17) is 11.6 Å². The summed E-state index contributed by atoms with van der Waals surface area (Å²) in [4.78, 5) is 40.0. The highest BCUT2D eigenvalue weighted by Gasteiger charge is 2.32. The molecule has 3 amide bonds. The lowest BCUT2D eigenvalue weighted by Crippen LogP contribution is -2.51. The second kappa shape index (κ2) is 10.0. The predicted molar refractivity (Wildman–Crippen MR) is 112 cm³/mol. The number of alkyl halides is 3. The van der Waals surface area contributed by atoms with Gasteiger partial charge in [-0.15, -0.1) is 0 Å². The summed E-state index contributed by atoms with van der Waals surface area (Å²) in [6.07, 6.45) is -4.43. The fourth-order valence-electron chi connectivity index (χ4n) is 3.31. The molecule has 1 aliphatic heterocycles. The Morgan fingerprint density at radius 3 is 2.16 bits per heavy atom. The molecule has 0 radical (unpaired) electrons. The van der Waals surface area contributed by atoms with Crippen molar-refractivity contribution in [3.63, 3.8) is 0 Å². The molecule has 0 aliphatic carbocycles. The highest BCUT2D eigenvalue weighted by atomic mass is 35.5. The average molecular weight is 468 g/mol. The van der Waals surface area contributed by atoms with Gasteiger partial charge in [-0.05, 0) is 42.5 Å². The van der Waals surface area contributed by atoms with E-state index in [0.717, 1.165) is 12.1 Å². The minimum Gasteiger partial charge on any atom is -0.352 e. The van der Waals surface area contributed by atoms with Gasteiger partial charge in [-0.3, -0.25) is 14.4 Å². The van der Waals surface area contributed by atoms with E-state index < -0.39 is 17.6 Å². The smallest absolute Gasteiger partial charge is 0.352 e. The second-order valence-electron chi connectivity index (χ2n) is 7.26. The number of carbonyl (C=O) groups is 3. The molecule has 6 nitrogen and oxygen atoms in total. The number of amides is 3. The van der Waals surface area contributed by atoms with E-state index in [9.17, 15) is 27.6 Å². The molecule has 0 spiro atoms. The number of piperazine rings is 1. The first-order chi connectivity index (χ1) is 15.1. The molecule has 170 valence electrons. The molecule has 1 fully saturated rings. The maximum Gasteiger partial charge on any atom is 0.416 e. The molecule has 0 saturated carbocycles. The summed E-state index contributed by atoms with van der Waals surface area (Å²) in [5.41, 5.74) is -0.481. The highest BCUT2D eigenvalue weighted by Crippen LogP contribution is 2.29. The largest absolute Gasteiger partial charge is 0.416 e. The van der Waals surface area contributed by atoms with Gasteiger partial charge in [0, 0.05) is 55.3 Å². The van der Waals surface area contributed by atoms with Crippen molar-refractivity contribution in [3.05, 3.63) is 70.2 Å². The van der Waals surface area contributed by atoms with Crippen LogP contribution in [0.5, 0.6) is 0 Å². The summed E-state index contributed by atoms with van der Waals surface area (Å²) in [7, 11) is 0. The Morgan fingerprint density at radius 2 is 1.53 bits per heavy atom. The normalized spacial score (nSPS) is 14.2. The van der Waals surface area contributed by atoms with Crippen molar-refractivity contribution in [2.75, 3.05) is 32.7 Å². The van der Waals surface area contributed by atoms with Gasteiger partial charge >= 0.3 is 6.18 Å². The fraction of sp³-hybridized carbons (Fsp3) is 0.318. The summed E-state index contributed by atoms with van der Waals surface area (Å²) >= 11 is 5.79. The van der Waals surface area contributed by atoms with Gasteiger partial charge in [-0.1, -0.05) is 17.7 Å². The van der Waals surface area contributed by atoms with E-state index in [1.807, 2.05) is 0 Å². The van der Waals surface area contributed by atoms with Crippen molar-refractivity contribution in [3.8, 4) is 0 Å². The Kier molecular flexibility index (Phi) is 7.40. The third-order valence-electron chi connectivity index (χ3n) is 5.09. The molecule has 1 heterocycles. The van der Waals surface area contributed by atoms with Crippen LogP contribution in [0.4, 0.5) is 13.2 Å². The number of halogens is 4. The molecule has 1 N–H and O–H groups in total. The first-order valence-corrected chi connectivity index (χ1v) is 10.3. The second-order valence-corrected chi connectivity index (χ2v) is 7.70. The van der Waals surface area contributed by atoms with Crippen LogP contribution in [-0.2, 0) is 11.0 Å². The van der Waals surface area contributed by atoms with Crippen LogP contribution in [0.25, 0.3) is 0 Å². The van der Waals surface area contributed by atoms with Crippen molar-refractivity contribution >= 4 is 29.3 Å². The van der Waals surface area contributed by atoms with Crippen LogP contribution in [-0.4, -0.2) is 60.2 Å². The van der Waals surface area contributed by atoms with Gasteiger partial charge < -0.3 is 15.1 Å². The molecule has 0 atom stereocenters. The van der Waals surface area contributed by atoms with Crippen molar-refractivity contribution in [2.45, 2.75) is 12.6 Å². The van der Waals surface area contributed by atoms with Crippen LogP contribution in [0.2, 0.25) is 5.02 Å². The minimum absolute atomic E-state index is 0.0375. The number of carbonyl (C=O) groups excluding carboxylic acids is 3. The Morgan fingerprint density at radius 1 is 0.906 bits per heavy atom. The molecule has 2 aromatic rings. The molecule has 3 rings (SSSR count). The number of hydrogen-bond donors (Lipinski definition) is 1. The van der Waals surface area contributed by atoms with Crippen LogP contribution in [0, 0.1) is 0 Å². The zero-order valence-electron chi connectivity index (χ0n) is 17.0. The SMILES string of the molecule is O=C(NCCC(=O)N1CCN(C(=O)c2cccc(C(F)(F)F)c2)CC1)c1ccc(Cl)cc1. The van der Waals surface area contributed by atoms with E-state index in [1.54, 1.807) is 29.2 Å². The van der Waals surface area contributed by atoms with Gasteiger partial charge in [0.05, 0.1) is 5.56 Å². The van der Waals surface area contributed by atoms with Crippen LogP contribution < -0.4 is 5.32 Å². The Hall–Kier alpha value is -3.07. The van der Waals surface area contributed by atoms with Crippen molar-refractivity contribution in [1.82, 2.24) is 15.1 Å². The molecule has 0 aromatic heterocycles. The lowest BCUT2D eigenvalue weighted by molar-refractivity contribution is -0.137. The molecular weight excluding hydrogens is 447 g/mol. The molecule has 32 heavy (non-hydrogen) atoms. The molecule has 0 unspecified atom stereocenters. The number of nitrogens with zero attached hydrogens (tertiary/aromatic N) is 2. The molecule has 2 aromatic carbocycles. The van der Waals surface area contributed by atoms with Crippen molar-refractivity contribution in [1.29, 1.82) is 0 Å². The topological polar surface area (TPSA) is 69.7 Å². The lowest BCUT2D eigenvalue weighted by Gasteiger charge is -2.35. The molecule has 10 heteroatoms. The number of rotatable bonds is 5. The van der Waals surface area contributed by atoms with Crippen molar-refractivity contribution < 1.29 is 27.6 Å². The maximum absolute atomic E-state index is 12.9. The highest BCUT2D eigenvalue weighted by molar-refractivity contribution is 6.30.